The molecule has 0 spiro atoms. The van der Waals surface area contributed by atoms with Crippen molar-refractivity contribution in [2.24, 2.45) is 0 Å². The lowest BCUT2D eigenvalue weighted by Crippen LogP contribution is -2.20. The van der Waals surface area contributed by atoms with Gasteiger partial charge in [0.1, 0.15) is 23.7 Å². The van der Waals surface area contributed by atoms with Gasteiger partial charge in [0, 0.05) is 30.9 Å². The largest absolute Gasteiger partial charge is 0.497 e. The van der Waals surface area contributed by atoms with Gasteiger partial charge < -0.3 is 29.5 Å². The lowest BCUT2D eigenvalue weighted by atomic mass is 10.0. The Morgan fingerprint density at radius 3 is 2.29 bits per heavy atom. The van der Waals surface area contributed by atoms with E-state index >= 15 is 0 Å². The number of hydrogen-bond acceptors (Lipinski definition) is 8. The second-order valence-corrected chi connectivity index (χ2v) is 7.94. The normalized spacial score (nSPS) is 10.4. The Labute approximate surface area is 206 Å². The van der Waals surface area contributed by atoms with Gasteiger partial charge in [-0.3, -0.25) is 0 Å². The second-order valence-electron chi connectivity index (χ2n) is 7.94. The first-order chi connectivity index (χ1) is 16.8. The average molecular weight is 483 g/mol. The van der Waals surface area contributed by atoms with Gasteiger partial charge in [-0.1, -0.05) is 24.3 Å². The summed E-state index contributed by atoms with van der Waals surface area (Å²) >= 11 is 0. The minimum Gasteiger partial charge on any atom is -0.497 e. The average Bonchev–Trinajstić information content (AvgIpc) is 2.84. The summed E-state index contributed by atoms with van der Waals surface area (Å²) in [4.78, 5) is 21.6. The molecule has 3 aromatic rings. The molecule has 1 heterocycles. The Morgan fingerprint density at radius 2 is 1.74 bits per heavy atom. The van der Waals surface area contributed by atoms with Crippen molar-refractivity contribution in [2.75, 3.05) is 48.5 Å². The molecule has 0 saturated heterocycles. The molecule has 0 aliphatic heterocycles. The first kappa shape index (κ1) is 27.6. The van der Waals surface area contributed by atoms with Crippen LogP contribution < -0.4 is 19.5 Å². The fourth-order valence-electron chi connectivity index (χ4n) is 3.13. The summed E-state index contributed by atoms with van der Waals surface area (Å²) in [5.74, 6) is 0.590. The van der Waals surface area contributed by atoms with E-state index in [1.54, 1.807) is 14.2 Å². The molecule has 3 rings (SSSR count). The minimum atomic E-state index is -1.06. The van der Waals surface area contributed by atoms with Crippen molar-refractivity contribution in [1.82, 2.24) is 20.2 Å². The molecule has 0 atom stereocenters. The van der Waals surface area contributed by atoms with Crippen LogP contribution in [0.3, 0.4) is 0 Å². The van der Waals surface area contributed by atoms with Gasteiger partial charge >= 0.3 is 12.0 Å². The molecule has 0 bridgehead atoms. The molecule has 188 valence electrons. The van der Waals surface area contributed by atoms with E-state index in [0.29, 0.717) is 12.3 Å². The van der Waals surface area contributed by atoms with E-state index in [1.807, 2.05) is 75.4 Å². The van der Waals surface area contributed by atoms with E-state index in [4.69, 9.17) is 14.2 Å². The molecule has 1 aromatic heterocycles. The quantitative estimate of drug-likeness (QED) is 0.449. The van der Waals surface area contributed by atoms with Crippen LogP contribution in [-0.4, -0.2) is 74.5 Å². The van der Waals surface area contributed by atoms with Crippen molar-refractivity contribution in [3.05, 3.63) is 65.4 Å². The zero-order chi connectivity index (χ0) is 25.8. The number of rotatable bonds is 10. The molecule has 2 aromatic carbocycles. The topological polar surface area (TPSA) is 106 Å². The smallest absolute Gasteiger partial charge is 0.339 e. The number of ether oxygens (including phenoxy) is 3. The summed E-state index contributed by atoms with van der Waals surface area (Å²) in [6.45, 7) is 3.89. The Balaban J connectivity index is 0.000000283. The molecule has 0 saturated carbocycles. The van der Waals surface area contributed by atoms with Crippen LogP contribution in [0, 0.1) is 6.92 Å². The Kier molecular flexibility index (Phi) is 10.9. The molecule has 0 unspecified atom stereocenters. The van der Waals surface area contributed by atoms with Crippen LogP contribution in [0.15, 0.2) is 48.7 Å². The van der Waals surface area contributed by atoms with E-state index < -0.39 is 5.97 Å². The minimum absolute atomic E-state index is 0.0641. The second kappa shape index (κ2) is 13.9. The molecule has 9 heteroatoms. The van der Waals surface area contributed by atoms with Crippen LogP contribution in [0.25, 0.3) is 11.3 Å². The van der Waals surface area contributed by atoms with Gasteiger partial charge in [0.2, 0.25) is 0 Å². The lowest BCUT2D eigenvalue weighted by Gasteiger charge is -2.12. The highest BCUT2D eigenvalue weighted by Gasteiger charge is 2.17. The van der Waals surface area contributed by atoms with Crippen LogP contribution >= 0.6 is 0 Å². The van der Waals surface area contributed by atoms with Gasteiger partial charge in [0.05, 0.1) is 19.9 Å². The number of carboxylic acids is 1. The fraction of sp³-hybridized carbons (Fsp3) is 0.346. The summed E-state index contributed by atoms with van der Waals surface area (Å²) < 4.78 is 15.8. The van der Waals surface area contributed by atoms with Crippen LogP contribution in [-0.2, 0) is 6.54 Å². The third-order valence-electron chi connectivity index (χ3n) is 4.96. The zero-order valence-corrected chi connectivity index (χ0v) is 21.2. The standard InChI is InChI=1S/C16H19N3O3.C10H15NO2/c1-11-6-4-5-7-12(11)14-13(15(20)21)10-17-16(18-14)22-9-8-19(2)3;1-11-7-8-4-9(12-2)6-10(5-8)13-3/h4-7,10H,8-9H2,1-3H3,(H,20,21);4-6,11H,7H2,1-3H3. The molecule has 0 amide bonds. The van der Waals surface area contributed by atoms with Crippen LogP contribution in [0.2, 0.25) is 0 Å². The van der Waals surface area contributed by atoms with Crippen molar-refractivity contribution in [3.63, 3.8) is 0 Å². The molecule has 0 fully saturated rings. The number of carboxylic acid groups (broad SMARTS) is 1. The van der Waals surface area contributed by atoms with Crippen molar-refractivity contribution in [3.8, 4) is 28.8 Å². The summed E-state index contributed by atoms with van der Waals surface area (Å²) in [5.41, 5.74) is 3.30. The van der Waals surface area contributed by atoms with Crippen molar-refractivity contribution < 1.29 is 24.1 Å². The van der Waals surface area contributed by atoms with Crippen molar-refractivity contribution in [2.45, 2.75) is 13.5 Å². The number of aromatic nitrogens is 2. The van der Waals surface area contributed by atoms with Gasteiger partial charge in [-0.15, -0.1) is 0 Å². The number of aryl methyl sites for hydroxylation is 1. The van der Waals surface area contributed by atoms with E-state index in [1.165, 1.54) is 6.20 Å². The number of likely N-dealkylation sites (N-methyl/N-ethyl adjacent to an activating group) is 1. The van der Waals surface area contributed by atoms with Crippen LogP contribution in [0.1, 0.15) is 21.5 Å². The van der Waals surface area contributed by atoms with Gasteiger partial charge in [-0.2, -0.15) is 4.98 Å². The number of carbonyl (C=O) groups is 1. The third kappa shape index (κ3) is 8.55. The number of nitrogens with one attached hydrogen (secondary N) is 1. The highest BCUT2D eigenvalue weighted by Crippen LogP contribution is 2.26. The van der Waals surface area contributed by atoms with Crippen LogP contribution in [0.5, 0.6) is 17.5 Å². The van der Waals surface area contributed by atoms with E-state index in [-0.39, 0.29) is 11.6 Å². The van der Waals surface area contributed by atoms with Gasteiger partial charge in [0.25, 0.3) is 0 Å². The van der Waals surface area contributed by atoms with E-state index in [9.17, 15) is 9.90 Å². The summed E-state index contributed by atoms with van der Waals surface area (Å²) in [6.07, 6.45) is 1.29. The highest BCUT2D eigenvalue weighted by atomic mass is 16.5. The Bertz CT molecular complexity index is 1080. The van der Waals surface area contributed by atoms with Crippen LogP contribution in [0.4, 0.5) is 0 Å². The molecule has 35 heavy (non-hydrogen) atoms. The molecular weight excluding hydrogens is 448 g/mol. The maximum Gasteiger partial charge on any atom is 0.339 e. The Hall–Kier alpha value is -3.69. The number of nitrogens with zero attached hydrogens (tertiary/aromatic N) is 3. The summed E-state index contributed by atoms with van der Waals surface area (Å²) in [6, 6.07) is 13.5. The fourth-order valence-corrected chi connectivity index (χ4v) is 3.13. The van der Waals surface area contributed by atoms with Gasteiger partial charge in [0.15, 0.2) is 0 Å². The first-order valence-electron chi connectivity index (χ1n) is 11.1. The third-order valence-corrected chi connectivity index (χ3v) is 4.96. The zero-order valence-electron chi connectivity index (χ0n) is 21.2. The molecule has 0 radical (unpaired) electrons. The van der Waals surface area contributed by atoms with Crippen molar-refractivity contribution >= 4 is 5.97 Å². The lowest BCUT2D eigenvalue weighted by molar-refractivity contribution is 0.0696. The molecule has 2 N–H and O–H groups in total. The van der Waals surface area contributed by atoms with E-state index in [0.717, 1.165) is 41.3 Å². The predicted octanol–water partition coefficient (Wildman–Crippen LogP) is 3.51. The van der Waals surface area contributed by atoms with Gasteiger partial charge in [-0.25, -0.2) is 9.78 Å². The highest BCUT2D eigenvalue weighted by molar-refractivity contribution is 5.94. The molecular formula is C26H34N4O5. The monoisotopic (exact) mass is 482 g/mol. The number of methoxy groups -OCH3 is 2. The van der Waals surface area contributed by atoms with Crippen molar-refractivity contribution in [1.29, 1.82) is 0 Å². The Morgan fingerprint density at radius 1 is 1.09 bits per heavy atom. The molecule has 0 aliphatic carbocycles. The van der Waals surface area contributed by atoms with Gasteiger partial charge in [-0.05, 0) is 51.3 Å². The summed E-state index contributed by atoms with van der Waals surface area (Å²) in [7, 11) is 9.09. The predicted molar refractivity (Wildman–Crippen MR) is 136 cm³/mol. The maximum absolute atomic E-state index is 11.4. The number of hydrogen-bond donors (Lipinski definition) is 2. The number of benzene rings is 2. The first-order valence-corrected chi connectivity index (χ1v) is 11.1. The molecule has 0 aliphatic rings. The SMILES string of the molecule is CNCc1cc(OC)cc(OC)c1.Cc1ccccc1-c1nc(OCCN(C)C)ncc1C(=O)O. The summed E-state index contributed by atoms with van der Waals surface area (Å²) in [5, 5.41) is 12.4. The van der Waals surface area contributed by atoms with E-state index in [2.05, 4.69) is 15.3 Å². The molecule has 9 nitrogen and oxygen atoms in total. The number of aromatic carboxylic acids is 1. The maximum atomic E-state index is 11.4.